The Labute approximate surface area is 176 Å². The summed E-state index contributed by atoms with van der Waals surface area (Å²) >= 11 is 11.9. The van der Waals surface area contributed by atoms with Gasteiger partial charge in [0.2, 0.25) is 11.8 Å². The Morgan fingerprint density at radius 2 is 2.07 bits per heavy atom. The van der Waals surface area contributed by atoms with Crippen LogP contribution in [0.2, 0.25) is 10.0 Å². The summed E-state index contributed by atoms with van der Waals surface area (Å²) in [5.41, 5.74) is 0.459. The van der Waals surface area contributed by atoms with Crippen molar-refractivity contribution in [2.45, 2.75) is 51.1 Å². The first-order valence-electron chi connectivity index (χ1n) is 9.36. The number of nitrogens with one attached hydrogen (secondary N) is 2. The number of benzene rings is 1. The molecule has 1 aromatic carbocycles. The highest BCUT2D eigenvalue weighted by Crippen LogP contribution is 2.22. The van der Waals surface area contributed by atoms with Gasteiger partial charge in [-0.15, -0.1) is 0 Å². The van der Waals surface area contributed by atoms with Gasteiger partial charge in [-0.25, -0.2) is 0 Å². The van der Waals surface area contributed by atoms with E-state index in [1.54, 1.807) is 17.0 Å². The molecule has 2 N–H and O–H groups in total. The Hall–Kier alpha value is -1.81. The van der Waals surface area contributed by atoms with E-state index >= 15 is 0 Å². The van der Waals surface area contributed by atoms with E-state index in [9.17, 15) is 9.59 Å². The van der Waals surface area contributed by atoms with Crippen LogP contribution in [0.4, 0.5) is 0 Å². The molecule has 2 rings (SSSR count). The van der Waals surface area contributed by atoms with Crippen molar-refractivity contribution in [2.24, 2.45) is 0 Å². The van der Waals surface area contributed by atoms with Gasteiger partial charge in [0.25, 0.3) is 0 Å². The minimum atomic E-state index is -0.537. The number of likely N-dealkylation sites (tertiary alicyclic amines) is 1. The second kappa shape index (κ2) is 10.1. The van der Waals surface area contributed by atoms with E-state index in [1.165, 1.54) is 0 Å². The number of carbonyl (C=O) groups excluding carboxylic acids is 2. The second-order valence-electron chi connectivity index (χ2n) is 7.64. The van der Waals surface area contributed by atoms with Crippen LogP contribution in [0.1, 0.15) is 38.7 Å². The summed E-state index contributed by atoms with van der Waals surface area (Å²) in [4.78, 5) is 26.2. The van der Waals surface area contributed by atoms with Crippen molar-refractivity contribution in [3.05, 3.63) is 33.8 Å². The zero-order chi connectivity index (χ0) is 20.7. The summed E-state index contributed by atoms with van der Waals surface area (Å²) in [6.45, 7) is 4.98. The number of carbonyl (C=O) groups is 2. The number of halogens is 2. The van der Waals surface area contributed by atoms with Crippen LogP contribution in [0.3, 0.4) is 0 Å². The van der Waals surface area contributed by atoms with E-state index in [0.717, 1.165) is 18.4 Å². The molecule has 0 aliphatic carbocycles. The van der Waals surface area contributed by atoms with E-state index in [2.05, 4.69) is 16.7 Å². The maximum absolute atomic E-state index is 12.3. The fraction of sp³-hybridized carbons (Fsp3) is 0.550. The zero-order valence-corrected chi connectivity index (χ0v) is 17.7. The molecule has 152 valence electrons. The molecule has 8 heteroatoms. The van der Waals surface area contributed by atoms with Crippen LogP contribution >= 0.6 is 23.2 Å². The molecule has 0 aromatic heterocycles. The Kier molecular flexibility index (Phi) is 8.11. The molecule has 0 bridgehead atoms. The molecule has 1 heterocycles. The average molecular weight is 425 g/mol. The molecule has 2 amide bonds. The lowest BCUT2D eigenvalue weighted by Crippen LogP contribution is -2.49. The minimum absolute atomic E-state index is 0.0962. The van der Waals surface area contributed by atoms with Gasteiger partial charge < -0.3 is 15.5 Å². The molecule has 1 saturated heterocycles. The van der Waals surface area contributed by atoms with E-state index in [0.29, 0.717) is 29.6 Å². The molecule has 1 atom stereocenters. The quantitative estimate of drug-likeness (QED) is 0.671. The molecule has 0 radical (unpaired) electrons. The molecule has 1 aliphatic rings. The lowest BCUT2D eigenvalue weighted by atomic mass is 10.00. The number of rotatable bonds is 8. The predicted molar refractivity (Wildman–Crippen MR) is 110 cm³/mol. The number of amides is 2. The molecular weight excluding hydrogens is 399 g/mol. The van der Waals surface area contributed by atoms with Crippen LogP contribution in [0.15, 0.2) is 18.2 Å². The van der Waals surface area contributed by atoms with Gasteiger partial charge in [0, 0.05) is 25.0 Å². The Balaban J connectivity index is 1.73. The van der Waals surface area contributed by atoms with Crippen molar-refractivity contribution in [3.8, 4) is 6.07 Å². The molecule has 0 saturated carbocycles. The Morgan fingerprint density at radius 1 is 1.32 bits per heavy atom. The highest BCUT2D eigenvalue weighted by Gasteiger charge is 2.30. The molecule has 0 unspecified atom stereocenters. The van der Waals surface area contributed by atoms with Crippen molar-refractivity contribution in [2.75, 3.05) is 19.6 Å². The van der Waals surface area contributed by atoms with Crippen molar-refractivity contribution in [1.82, 2.24) is 15.5 Å². The summed E-state index contributed by atoms with van der Waals surface area (Å²) in [5, 5.41) is 16.1. The van der Waals surface area contributed by atoms with Crippen molar-refractivity contribution in [1.29, 1.82) is 5.26 Å². The maximum atomic E-state index is 12.3. The smallest absolute Gasteiger partial charge is 0.237 e. The molecule has 1 fully saturated rings. The van der Waals surface area contributed by atoms with Gasteiger partial charge in [0.1, 0.15) is 6.04 Å². The number of hydrogen-bond acceptors (Lipinski definition) is 4. The second-order valence-corrected chi connectivity index (χ2v) is 8.45. The van der Waals surface area contributed by atoms with Gasteiger partial charge in [-0.1, -0.05) is 29.3 Å². The lowest BCUT2D eigenvalue weighted by Gasteiger charge is -2.27. The predicted octanol–water partition coefficient (Wildman–Crippen LogP) is 2.92. The lowest BCUT2D eigenvalue weighted by molar-refractivity contribution is -0.131. The fourth-order valence-electron chi connectivity index (χ4n) is 3.18. The van der Waals surface area contributed by atoms with Crippen LogP contribution in [0.5, 0.6) is 0 Å². The van der Waals surface area contributed by atoms with Crippen molar-refractivity contribution >= 4 is 35.0 Å². The molecule has 6 nitrogen and oxygen atoms in total. The summed E-state index contributed by atoms with van der Waals surface area (Å²) in [7, 11) is 0. The third-order valence-corrected chi connectivity index (χ3v) is 5.50. The number of nitrogens with zero attached hydrogens (tertiary/aromatic N) is 2. The molecule has 0 spiro atoms. The fourth-order valence-corrected chi connectivity index (χ4v) is 3.50. The van der Waals surface area contributed by atoms with Gasteiger partial charge in [-0.2, -0.15) is 5.26 Å². The maximum Gasteiger partial charge on any atom is 0.237 e. The molecule has 28 heavy (non-hydrogen) atoms. The summed E-state index contributed by atoms with van der Waals surface area (Å²) in [6, 6.07) is 7.24. The number of nitriles is 1. The third-order valence-electron chi connectivity index (χ3n) is 4.76. The summed E-state index contributed by atoms with van der Waals surface area (Å²) < 4.78 is 0. The van der Waals surface area contributed by atoms with Gasteiger partial charge in [0.05, 0.1) is 22.7 Å². The molecular formula is C20H26Cl2N4O2. The molecule has 1 aromatic rings. The van der Waals surface area contributed by atoms with Gasteiger partial charge in [0.15, 0.2) is 0 Å². The first-order chi connectivity index (χ1) is 13.2. The highest BCUT2D eigenvalue weighted by molar-refractivity contribution is 6.42. The van der Waals surface area contributed by atoms with E-state index in [4.69, 9.17) is 28.5 Å². The standard InChI is InChI=1S/C20H26Cl2N4O2/c1-20(2,25-13-19(28)26-9-3-4-15(26)12-23)11-18(27)24-8-7-14-5-6-16(21)17(22)10-14/h5-6,10,15,25H,3-4,7-9,11,13H2,1-2H3,(H,24,27)/t15-/m0/s1. The monoisotopic (exact) mass is 424 g/mol. The third kappa shape index (κ3) is 6.66. The van der Waals surface area contributed by atoms with Crippen LogP contribution in [-0.2, 0) is 16.0 Å². The van der Waals surface area contributed by atoms with Crippen molar-refractivity contribution < 1.29 is 9.59 Å². The normalized spacial score (nSPS) is 16.7. The summed E-state index contributed by atoms with van der Waals surface area (Å²) in [5.74, 6) is -0.196. The van der Waals surface area contributed by atoms with Crippen LogP contribution in [-0.4, -0.2) is 47.9 Å². The first-order valence-corrected chi connectivity index (χ1v) is 10.1. The molecule has 1 aliphatic heterocycles. The van der Waals surface area contributed by atoms with Gasteiger partial charge in [-0.3, -0.25) is 9.59 Å². The average Bonchev–Trinajstić information content (AvgIpc) is 3.11. The highest BCUT2D eigenvalue weighted by atomic mass is 35.5. The van der Waals surface area contributed by atoms with Crippen molar-refractivity contribution in [3.63, 3.8) is 0 Å². The van der Waals surface area contributed by atoms with Gasteiger partial charge in [-0.05, 0) is 50.8 Å². The van der Waals surface area contributed by atoms with Crippen LogP contribution < -0.4 is 10.6 Å². The number of hydrogen-bond donors (Lipinski definition) is 2. The van der Waals surface area contributed by atoms with E-state index in [-0.39, 0.29) is 30.8 Å². The van der Waals surface area contributed by atoms with Crippen LogP contribution in [0.25, 0.3) is 0 Å². The van der Waals surface area contributed by atoms with Crippen LogP contribution in [0, 0.1) is 11.3 Å². The topological polar surface area (TPSA) is 85.2 Å². The van der Waals surface area contributed by atoms with E-state index < -0.39 is 5.54 Å². The Morgan fingerprint density at radius 3 is 2.75 bits per heavy atom. The summed E-state index contributed by atoms with van der Waals surface area (Å²) in [6.07, 6.45) is 2.48. The minimum Gasteiger partial charge on any atom is -0.356 e. The van der Waals surface area contributed by atoms with E-state index in [1.807, 2.05) is 19.9 Å². The largest absolute Gasteiger partial charge is 0.356 e. The van der Waals surface area contributed by atoms with Gasteiger partial charge >= 0.3 is 0 Å². The Bertz CT molecular complexity index is 761. The zero-order valence-electron chi connectivity index (χ0n) is 16.2. The first kappa shape index (κ1) is 22.5. The SMILES string of the molecule is CC(C)(CC(=O)NCCc1ccc(Cl)c(Cl)c1)NCC(=O)N1CCC[C@H]1C#N.